The average molecular weight is 469 g/mol. The van der Waals surface area contributed by atoms with Crippen molar-refractivity contribution in [3.63, 3.8) is 0 Å². The van der Waals surface area contributed by atoms with E-state index in [1.54, 1.807) is 16.9 Å². The molecule has 2 aromatic heterocycles. The van der Waals surface area contributed by atoms with Crippen LogP contribution in [0.1, 0.15) is 22.5 Å². The summed E-state index contributed by atoms with van der Waals surface area (Å²) in [4.78, 5) is 0. The maximum absolute atomic E-state index is 13.5. The van der Waals surface area contributed by atoms with Gasteiger partial charge >= 0.3 is 0 Å². The van der Waals surface area contributed by atoms with E-state index in [-0.39, 0.29) is 5.82 Å². The van der Waals surface area contributed by atoms with Gasteiger partial charge in [0, 0.05) is 11.2 Å². The molecule has 4 aromatic rings. The van der Waals surface area contributed by atoms with Crippen LogP contribution in [0.15, 0.2) is 60.9 Å². The molecule has 164 valence electrons. The van der Waals surface area contributed by atoms with E-state index in [1.807, 2.05) is 55.1 Å². The van der Waals surface area contributed by atoms with Gasteiger partial charge in [-0.2, -0.15) is 10.2 Å². The predicted octanol–water partition coefficient (Wildman–Crippen LogP) is 5.39. The number of nitrogens with one attached hydrogen (secondary N) is 2. The smallest absolute Gasteiger partial charge is 0.175 e. The van der Waals surface area contributed by atoms with Gasteiger partial charge < -0.3 is 10.6 Å². The average Bonchev–Trinajstić information content (AvgIpc) is 3.29. The number of rotatable bonds is 6. The van der Waals surface area contributed by atoms with E-state index in [4.69, 9.17) is 23.8 Å². The van der Waals surface area contributed by atoms with Crippen LogP contribution in [0.5, 0.6) is 0 Å². The molecule has 2 N–H and O–H groups in total. The number of anilines is 2. The zero-order chi connectivity index (χ0) is 22.7. The number of aromatic nitrogens is 4. The van der Waals surface area contributed by atoms with Gasteiger partial charge in [-0.05, 0) is 55.4 Å². The highest BCUT2D eigenvalue weighted by Gasteiger charge is 2.14. The summed E-state index contributed by atoms with van der Waals surface area (Å²) in [7, 11) is 0. The van der Waals surface area contributed by atoms with Crippen LogP contribution >= 0.6 is 23.8 Å². The monoisotopic (exact) mass is 468 g/mol. The van der Waals surface area contributed by atoms with Crippen LogP contribution in [0, 0.1) is 19.7 Å². The van der Waals surface area contributed by atoms with E-state index in [0.717, 1.165) is 33.9 Å². The van der Waals surface area contributed by atoms with Gasteiger partial charge in [0.15, 0.2) is 5.11 Å². The molecule has 2 heterocycles. The third-order valence-corrected chi connectivity index (χ3v) is 5.60. The number of aryl methyl sites for hydroxylation is 1. The lowest BCUT2D eigenvalue weighted by Crippen LogP contribution is -2.19. The normalized spacial score (nSPS) is 10.9. The zero-order valence-electron chi connectivity index (χ0n) is 17.6. The fourth-order valence-electron chi connectivity index (χ4n) is 3.43. The van der Waals surface area contributed by atoms with Crippen molar-refractivity contribution in [2.24, 2.45) is 0 Å². The number of benzene rings is 2. The minimum atomic E-state index is -0.261. The Hall–Kier alpha value is -3.23. The number of hydrogen-bond donors (Lipinski definition) is 2. The molecule has 0 saturated heterocycles. The summed E-state index contributed by atoms with van der Waals surface area (Å²) < 4.78 is 17.1. The number of thiocarbonyl (C=S) groups is 1. The van der Waals surface area contributed by atoms with E-state index in [2.05, 4.69) is 20.8 Å². The van der Waals surface area contributed by atoms with Crippen molar-refractivity contribution in [2.75, 3.05) is 10.6 Å². The Kier molecular flexibility index (Phi) is 6.53. The van der Waals surface area contributed by atoms with Crippen LogP contribution in [0.2, 0.25) is 5.02 Å². The third-order valence-electron chi connectivity index (χ3n) is 5.02. The Morgan fingerprint density at radius 1 is 1.09 bits per heavy atom. The van der Waals surface area contributed by atoms with Gasteiger partial charge in [-0.1, -0.05) is 41.9 Å². The van der Waals surface area contributed by atoms with Crippen molar-refractivity contribution in [3.05, 3.63) is 94.3 Å². The molecule has 0 unspecified atom stereocenters. The fraction of sp³-hybridized carbons (Fsp3) is 0.174. The first-order valence-corrected chi connectivity index (χ1v) is 10.8. The molecule has 6 nitrogen and oxygen atoms in total. The van der Waals surface area contributed by atoms with Crippen LogP contribution in [0.25, 0.3) is 0 Å². The first-order valence-electron chi connectivity index (χ1n) is 10.0. The van der Waals surface area contributed by atoms with Gasteiger partial charge in [0.2, 0.25) is 0 Å². The third kappa shape index (κ3) is 5.15. The summed E-state index contributed by atoms with van der Waals surface area (Å²) in [5, 5.41) is 16.4. The summed E-state index contributed by atoms with van der Waals surface area (Å²) in [5.41, 5.74) is 5.12. The van der Waals surface area contributed by atoms with Crippen molar-refractivity contribution in [1.82, 2.24) is 19.6 Å². The van der Waals surface area contributed by atoms with Crippen molar-refractivity contribution < 1.29 is 4.39 Å². The molecule has 0 bridgehead atoms. The fourth-order valence-corrected chi connectivity index (χ4v) is 3.85. The summed E-state index contributed by atoms with van der Waals surface area (Å²) in [6.07, 6.45) is 3.57. The van der Waals surface area contributed by atoms with Gasteiger partial charge in [-0.15, -0.1) is 0 Å². The lowest BCUT2D eigenvalue weighted by Gasteiger charge is -2.10. The molecule has 0 aliphatic heterocycles. The second-order valence-corrected chi connectivity index (χ2v) is 8.25. The van der Waals surface area contributed by atoms with E-state index >= 15 is 0 Å². The molecule has 0 saturated carbocycles. The lowest BCUT2D eigenvalue weighted by atomic mass is 10.2. The van der Waals surface area contributed by atoms with E-state index in [0.29, 0.717) is 23.2 Å². The van der Waals surface area contributed by atoms with Crippen molar-refractivity contribution in [1.29, 1.82) is 0 Å². The molecule has 32 heavy (non-hydrogen) atoms. The second kappa shape index (κ2) is 9.50. The lowest BCUT2D eigenvalue weighted by molar-refractivity contribution is 0.616. The minimum Gasteiger partial charge on any atom is -0.330 e. The number of halogens is 2. The molecule has 0 fully saturated rings. The van der Waals surface area contributed by atoms with Crippen LogP contribution in [-0.2, 0) is 13.1 Å². The highest BCUT2D eigenvalue weighted by molar-refractivity contribution is 7.80. The van der Waals surface area contributed by atoms with E-state index in [1.165, 1.54) is 12.1 Å². The molecule has 9 heteroatoms. The van der Waals surface area contributed by atoms with Crippen LogP contribution < -0.4 is 10.6 Å². The molecule has 4 rings (SSSR count). The summed E-state index contributed by atoms with van der Waals surface area (Å²) >= 11 is 11.7. The van der Waals surface area contributed by atoms with Crippen LogP contribution in [0.3, 0.4) is 0 Å². The molecule has 0 atom stereocenters. The summed E-state index contributed by atoms with van der Waals surface area (Å²) in [5.74, 6) is -0.261. The molecule has 0 aliphatic carbocycles. The molecular weight excluding hydrogens is 447 g/mol. The Labute approximate surface area is 196 Å². The molecule has 0 amide bonds. The topological polar surface area (TPSA) is 59.7 Å². The molecular formula is C23H22ClFN6S. The maximum atomic E-state index is 13.5. The SMILES string of the molecule is Cc1nn(Cc2cccc(F)c2)c(C)c1NC(=S)Nc1cnn(Cc2ccccc2Cl)c1. The summed E-state index contributed by atoms with van der Waals surface area (Å²) in [6.45, 7) is 4.89. The van der Waals surface area contributed by atoms with E-state index in [9.17, 15) is 4.39 Å². The molecule has 0 radical (unpaired) electrons. The van der Waals surface area contributed by atoms with Crippen molar-refractivity contribution >= 4 is 40.3 Å². The number of nitrogens with zero attached hydrogens (tertiary/aromatic N) is 4. The predicted molar refractivity (Wildman–Crippen MR) is 130 cm³/mol. The van der Waals surface area contributed by atoms with Gasteiger partial charge in [-0.25, -0.2) is 4.39 Å². The highest BCUT2D eigenvalue weighted by atomic mass is 35.5. The van der Waals surface area contributed by atoms with Crippen LogP contribution in [-0.4, -0.2) is 24.7 Å². The molecule has 2 aromatic carbocycles. The maximum Gasteiger partial charge on any atom is 0.175 e. The minimum absolute atomic E-state index is 0.261. The second-order valence-electron chi connectivity index (χ2n) is 7.43. The molecule has 0 spiro atoms. The first kappa shape index (κ1) is 22.0. The zero-order valence-corrected chi connectivity index (χ0v) is 19.2. The van der Waals surface area contributed by atoms with Crippen molar-refractivity contribution in [3.8, 4) is 0 Å². The van der Waals surface area contributed by atoms with Gasteiger partial charge in [0.05, 0.1) is 42.0 Å². The Morgan fingerprint density at radius 2 is 1.91 bits per heavy atom. The van der Waals surface area contributed by atoms with Gasteiger partial charge in [0.25, 0.3) is 0 Å². The Bertz CT molecular complexity index is 1270. The van der Waals surface area contributed by atoms with Crippen LogP contribution in [0.4, 0.5) is 15.8 Å². The highest BCUT2D eigenvalue weighted by Crippen LogP contribution is 2.21. The van der Waals surface area contributed by atoms with Gasteiger partial charge in [-0.3, -0.25) is 9.36 Å². The Balaban J connectivity index is 1.41. The van der Waals surface area contributed by atoms with Crippen molar-refractivity contribution in [2.45, 2.75) is 26.9 Å². The molecule has 0 aliphatic rings. The van der Waals surface area contributed by atoms with Gasteiger partial charge in [0.1, 0.15) is 5.82 Å². The standard InChI is InChI=1S/C23H22ClFN6S/c1-15-22(16(2)31(29-15)12-17-6-5-8-19(25)10-17)28-23(32)27-20-11-26-30(14-20)13-18-7-3-4-9-21(18)24/h3-11,14H,12-13H2,1-2H3,(H2,27,28,32). The Morgan fingerprint density at radius 3 is 2.69 bits per heavy atom. The summed E-state index contributed by atoms with van der Waals surface area (Å²) in [6, 6.07) is 14.2. The largest absolute Gasteiger partial charge is 0.330 e. The first-order chi connectivity index (χ1) is 15.4. The quantitative estimate of drug-likeness (QED) is 0.371. The van der Waals surface area contributed by atoms with E-state index < -0.39 is 0 Å². The number of hydrogen-bond acceptors (Lipinski definition) is 3.